The summed E-state index contributed by atoms with van der Waals surface area (Å²) < 4.78 is 22.3. The molecule has 4 nitrogen and oxygen atoms in total. The Bertz CT molecular complexity index is 360. The van der Waals surface area contributed by atoms with Crippen molar-refractivity contribution >= 4 is 15.8 Å². The highest BCUT2D eigenvalue weighted by atomic mass is 32.2. The molecule has 1 N–H and O–H groups in total. The molecule has 0 amide bonds. The predicted octanol–water partition coefficient (Wildman–Crippen LogP) is 1.70. The van der Waals surface area contributed by atoms with Gasteiger partial charge in [-0.2, -0.15) is 0 Å². The Morgan fingerprint density at radius 3 is 2.56 bits per heavy atom. The maximum absolute atomic E-state index is 11.3. The Kier molecular flexibility index (Phi) is 3.99. The summed E-state index contributed by atoms with van der Waals surface area (Å²) in [6.45, 7) is 2.04. The van der Waals surface area contributed by atoms with Crippen molar-refractivity contribution in [1.82, 2.24) is 0 Å². The van der Waals surface area contributed by atoms with Gasteiger partial charge in [0.25, 0.3) is 0 Å². The number of carboxylic acids is 1. The molecule has 0 aromatic heterocycles. The van der Waals surface area contributed by atoms with Crippen molar-refractivity contribution in [2.24, 2.45) is 11.3 Å². The van der Waals surface area contributed by atoms with Gasteiger partial charge in [-0.1, -0.05) is 19.8 Å². The van der Waals surface area contributed by atoms with Crippen molar-refractivity contribution in [2.45, 2.75) is 39.0 Å². The van der Waals surface area contributed by atoms with Crippen molar-refractivity contribution in [1.29, 1.82) is 0 Å². The summed E-state index contributed by atoms with van der Waals surface area (Å²) in [6, 6.07) is 0. The summed E-state index contributed by atoms with van der Waals surface area (Å²) in [5.74, 6) is -0.474. The number of hydrogen-bond acceptors (Lipinski definition) is 3. The summed E-state index contributed by atoms with van der Waals surface area (Å²) in [5, 5.41) is 9.31. The third-order valence-electron chi connectivity index (χ3n) is 3.50. The second-order valence-electron chi connectivity index (χ2n) is 5.17. The molecule has 0 aromatic rings. The lowest BCUT2D eigenvalue weighted by Gasteiger charge is -2.36. The normalized spacial score (nSPS) is 31.2. The van der Waals surface area contributed by atoms with Crippen molar-refractivity contribution in [3.8, 4) is 0 Å². The maximum Gasteiger partial charge on any atom is 0.309 e. The van der Waals surface area contributed by atoms with Crippen LogP contribution in [-0.4, -0.2) is 31.5 Å². The van der Waals surface area contributed by atoms with Crippen LogP contribution in [0.3, 0.4) is 0 Å². The Morgan fingerprint density at radius 1 is 1.50 bits per heavy atom. The first-order valence-electron chi connectivity index (χ1n) is 5.66. The van der Waals surface area contributed by atoms with Gasteiger partial charge >= 0.3 is 5.97 Å². The molecule has 0 radical (unpaired) electrons. The van der Waals surface area contributed by atoms with Gasteiger partial charge in [0.15, 0.2) is 0 Å². The lowest BCUT2D eigenvalue weighted by molar-refractivity contribution is -0.152. The van der Waals surface area contributed by atoms with Gasteiger partial charge in [0.2, 0.25) is 0 Å². The van der Waals surface area contributed by atoms with Crippen LogP contribution in [0.25, 0.3) is 0 Å². The molecule has 1 aliphatic carbocycles. The maximum atomic E-state index is 11.3. The first-order valence-corrected chi connectivity index (χ1v) is 7.72. The number of carboxylic acid groups (broad SMARTS) is 1. The minimum atomic E-state index is -3.08. The molecule has 2 unspecified atom stereocenters. The number of carbonyl (C=O) groups is 1. The summed E-state index contributed by atoms with van der Waals surface area (Å²) in [6.07, 6.45) is 4.57. The summed E-state index contributed by atoms with van der Waals surface area (Å²) in [5.41, 5.74) is -0.805. The molecule has 1 saturated carbocycles. The topological polar surface area (TPSA) is 71.4 Å². The highest BCUT2D eigenvalue weighted by molar-refractivity contribution is 7.90. The van der Waals surface area contributed by atoms with Crippen LogP contribution in [0.5, 0.6) is 0 Å². The predicted molar refractivity (Wildman–Crippen MR) is 62.0 cm³/mol. The van der Waals surface area contributed by atoms with Crippen LogP contribution >= 0.6 is 0 Å². The van der Waals surface area contributed by atoms with Crippen molar-refractivity contribution in [2.75, 3.05) is 12.0 Å². The van der Waals surface area contributed by atoms with E-state index in [2.05, 4.69) is 0 Å². The van der Waals surface area contributed by atoms with Crippen LogP contribution in [0.15, 0.2) is 0 Å². The molecule has 1 aliphatic rings. The van der Waals surface area contributed by atoms with E-state index in [1.54, 1.807) is 0 Å². The van der Waals surface area contributed by atoms with E-state index in [1.807, 2.05) is 6.92 Å². The van der Waals surface area contributed by atoms with E-state index in [4.69, 9.17) is 0 Å². The average Bonchev–Trinajstić information content (AvgIpc) is 2.13. The zero-order valence-corrected chi connectivity index (χ0v) is 10.7. The molecule has 94 valence electrons. The zero-order valence-electron chi connectivity index (χ0n) is 9.90. The van der Waals surface area contributed by atoms with E-state index < -0.39 is 21.2 Å². The molecule has 0 bridgehead atoms. The largest absolute Gasteiger partial charge is 0.481 e. The van der Waals surface area contributed by atoms with Crippen molar-refractivity contribution in [3.63, 3.8) is 0 Å². The van der Waals surface area contributed by atoms with Gasteiger partial charge in [0.05, 0.1) is 11.2 Å². The molecule has 16 heavy (non-hydrogen) atoms. The summed E-state index contributed by atoms with van der Waals surface area (Å²) >= 11 is 0. The molecule has 1 fully saturated rings. The van der Waals surface area contributed by atoms with Gasteiger partial charge in [-0.05, 0) is 25.2 Å². The van der Waals surface area contributed by atoms with Gasteiger partial charge in [-0.25, -0.2) is 8.42 Å². The SMILES string of the molecule is CC1CCCC(CCS(C)(=O)=O)(C(=O)O)C1. The second-order valence-corrected chi connectivity index (χ2v) is 7.43. The molecular formula is C11H20O4S. The lowest BCUT2D eigenvalue weighted by atomic mass is 9.68. The number of aliphatic carboxylic acids is 1. The van der Waals surface area contributed by atoms with E-state index in [-0.39, 0.29) is 12.2 Å². The Balaban J connectivity index is 2.77. The van der Waals surface area contributed by atoms with Crippen molar-refractivity contribution < 1.29 is 18.3 Å². The smallest absolute Gasteiger partial charge is 0.309 e. The highest BCUT2D eigenvalue weighted by Gasteiger charge is 2.41. The van der Waals surface area contributed by atoms with E-state index in [9.17, 15) is 18.3 Å². The monoisotopic (exact) mass is 248 g/mol. The van der Waals surface area contributed by atoms with Gasteiger partial charge in [0.1, 0.15) is 9.84 Å². The molecule has 5 heteroatoms. The fourth-order valence-electron chi connectivity index (χ4n) is 2.57. The number of sulfone groups is 1. The quantitative estimate of drug-likeness (QED) is 0.822. The number of rotatable bonds is 4. The Morgan fingerprint density at radius 2 is 2.12 bits per heavy atom. The minimum Gasteiger partial charge on any atom is -0.481 e. The Labute approximate surface area is 97.0 Å². The fraction of sp³-hybridized carbons (Fsp3) is 0.909. The second kappa shape index (κ2) is 4.73. The molecular weight excluding hydrogens is 228 g/mol. The highest BCUT2D eigenvalue weighted by Crippen LogP contribution is 2.42. The summed E-state index contributed by atoms with van der Waals surface area (Å²) in [4.78, 5) is 11.3. The standard InChI is InChI=1S/C11H20O4S/c1-9-4-3-5-11(8-9,10(12)13)6-7-16(2,14)15/h9H,3-8H2,1-2H3,(H,12,13). The minimum absolute atomic E-state index is 0.0218. The third-order valence-corrected chi connectivity index (χ3v) is 4.44. The molecule has 2 atom stereocenters. The molecule has 0 aliphatic heterocycles. The number of hydrogen-bond donors (Lipinski definition) is 1. The molecule has 0 spiro atoms. The van der Waals surface area contributed by atoms with E-state index >= 15 is 0 Å². The van der Waals surface area contributed by atoms with Crippen LogP contribution in [0.1, 0.15) is 39.0 Å². The first-order chi connectivity index (χ1) is 7.25. The van der Waals surface area contributed by atoms with Crippen LogP contribution in [0.4, 0.5) is 0 Å². The van der Waals surface area contributed by atoms with Gasteiger partial charge in [-0.3, -0.25) is 4.79 Å². The third kappa shape index (κ3) is 3.47. The van der Waals surface area contributed by atoms with Crippen molar-refractivity contribution in [3.05, 3.63) is 0 Å². The molecule has 0 aromatic carbocycles. The Hall–Kier alpha value is -0.580. The molecule has 0 heterocycles. The average molecular weight is 248 g/mol. The van der Waals surface area contributed by atoms with E-state index in [0.717, 1.165) is 19.1 Å². The van der Waals surface area contributed by atoms with Gasteiger partial charge < -0.3 is 5.11 Å². The summed E-state index contributed by atoms with van der Waals surface area (Å²) in [7, 11) is -3.08. The molecule has 1 rings (SSSR count). The molecule has 0 saturated heterocycles. The fourth-order valence-corrected chi connectivity index (χ4v) is 3.33. The van der Waals surface area contributed by atoms with E-state index in [0.29, 0.717) is 18.8 Å². The van der Waals surface area contributed by atoms with Crippen LogP contribution in [0.2, 0.25) is 0 Å². The lowest BCUT2D eigenvalue weighted by Crippen LogP contribution is -2.37. The van der Waals surface area contributed by atoms with Crippen LogP contribution in [-0.2, 0) is 14.6 Å². The first kappa shape index (κ1) is 13.5. The van der Waals surface area contributed by atoms with Gasteiger partial charge in [0, 0.05) is 6.26 Å². The van der Waals surface area contributed by atoms with E-state index in [1.165, 1.54) is 0 Å². The van der Waals surface area contributed by atoms with Gasteiger partial charge in [-0.15, -0.1) is 0 Å². The zero-order chi connectivity index (χ0) is 12.4. The van der Waals surface area contributed by atoms with Crippen LogP contribution in [0, 0.1) is 11.3 Å². The van der Waals surface area contributed by atoms with Crippen LogP contribution < -0.4 is 0 Å².